The predicted molar refractivity (Wildman–Crippen MR) is 96.7 cm³/mol. The van der Waals surface area contributed by atoms with Gasteiger partial charge in [-0.25, -0.2) is 0 Å². The largest absolute Gasteiger partial charge is 0.326 e. The summed E-state index contributed by atoms with van der Waals surface area (Å²) in [5.74, 6) is 0.276. The van der Waals surface area contributed by atoms with Gasteiger partial charge in [0.25, 0.3) is 0 Å². The molecule has 24 heavy (non-hydrogen) atoms. The zero-order chi connectivity index (χ0) is 16.8. The first-order valence-corrected chi connectivity index (χ1v) is 8.74. The molecule has 2 unspecified atom stereocenters. The van der Waals surface area contributed by atoms with E-state index in [1.165, 1.54) is 0 Å². The van der Waals surface area contributed by atoms with Crippen LogP contribution in [0.5, 0.6) is 0 Å². The molecule has 2 aliphatic rings. The Morgan fingerprint density at radius 1 is 0.708 bits per heavy atom. The molecule has 1 aromatic rings. The van der Waals surface area contributed by atoms with Crippen molar-refractivity contribution in [1.29, 1.82) is 0 Å². The van der Waals surface area contributed by atoms with Crippen LogP contribution < -0.4 is 10.6 Å². The molecule has 2 aliphatic carbocycles. The first-order valence-electron chi connectivity index (χ1n) is 8.74. The smallest absolute Gasteiger partial charge is 0.227 e. The summed E-state index contributed by atoms with van der Waals surface area (Å²) >= 11 is 0. The van der Waals surface area contributed by atoms with Crippen molar-refractivity contribution in [3.63, 3.8) is 0 Å². The Hall–Kier alpha value is -2.36. The number of benzene rings is 1. The quantitative estimate of drug-likeness (QED) is 0.812. The van der Waals surface area contributed by atoms with E-state index in [0.717, 1.165) is 49.9 Å². The highest BCUT2D eigenvalue weighted by atomic mass is 16.2. The molecule has 0 aliphatic heterocycles. The summed E-state index contributed by atoms with van der Waals surface area (Å²) in [5, 5.41) is 5.92. The van der Waals surface area contributed by atoms with Crippen molar-refractivity contribution in [2.75, 3.05) is 10.6 Å². The summed E-state index contributed by atoms with van der Waals surface area (Å²) in [4.78, 5) is 24.4. The summed E-state index contributed by atoms with van der Waals surface area (Å²) in [6.45, 7) is 0. The van der Waals surface area contributed by atoms with E-state index < -0.39 is 0 Å². The molecule has 2 amide bonds. The molecule has 0 saturated heterocycles. The maximum atomic E-state index is 12.2. The van der Waals surface area contributed by atoms with Crippen LogP contribution in [0.25, 0.3) is 0 Å². The minimum Gasteiger partial charge on any atom is -0.326 e. The fraction of sp³-hybridized carbons (Fsp3) is 0.400. The van der Waals surface area contributed by atoms with E-state index in [-0.39, 0.29) is 23.7 Å². The van der Waals surface area contributed by atoms with Crippen LogP contribution in [-0.2, 0) is 9.59 Å². The van der Waals surface area contributed by atoms with Crippen molar-refractivity contribution in [2.24, 2.45) is 11.8 Å². The number of hydrogen-bond acceptors (Lipinski definition) is 2. The third-order valence-corrected chi connectivity index (χ3v) is 4.70. The number of nitrogens with one attached hydrogen (secondary N) is 2. The normalized spacial score (nSPS) is 22.8. The molecule has 0 fully saturated rings. The van der Waals surface area contributed by atoms with Crippen LogP contribution in [-0.4, -0.2) is 11.8 Å². The van der Waals surface area contributed by atoms with Gasteiger partial charge in [-0.3, -0.25) is 9.59 Å². The van der Waals surface area contributed by atoms with Gasteiger partial charge in [0, 0.05) is 23.2 Å². The number of amides is 2. The minimum atomic E-state index is 0.0636. The molecule has 0 heterocycles. The Balaban J connectivity index is 1.53. The second-order valence-electron chi connectivity index (χ2n) is 6.52. The molecule has 2 N–H and O–H groups in total. The number of carbonyl (C=O) groups excluding carboxylic acids is 2. The Morgan fingerprint density at radius 2 is 1.12 bits per heavy atom. The van der Waals surface area contributed by atoms with Crippen molar-refractivity contribution >= 4 is 23.2 Å². The second kappa shape index (κ2) is 7.95. The summed E-state index contributed by atoms with van der Waals surface area (Å²) in [7, 11) is 0. The van der Waals surface area contributed by atoms with E-state index in [4.69, 9.17) is 0 Å². The van der Waals surface area contributed by atoms with Gasteiger partial charge in [-0.05, 0) is 62.8 Å². The molecule has 0 radical (unpaired) electrons. The molecule has 2 atom stereocenters. The average molecular weight is 324 g/mol. The highest BCUT2D eigenvalue weighted by Crippen LogP contribution is 2.23. The van der Waals surface area contributed by atoms with Gasteiger partial charge in [0.15, 0.2) is 0 Å². The van der Waals surface area contributed by atoms with Crippen LogP contribution in [0, 0.1) is 11.8 Å². The van der Waals surface area contributed by atoms with E-state index in [2.05, 4.69) is 34.9 Å². The third-order valence-electron chi connectivity index (χ3n) is 4.70. The minimum absolute atomic E-state index is 0.0636. The summed E-state index contributed by atoms with van der Waals surface area (Å²) < 4.78 is 0. The first kappa shape index (κ1) is 16.5. The van der Waals surface area contributed by atoms with Crippen LogP contribution in [0.3, 0.4) is 0 Å². The van der Waals surface area contributed by atoms with Gasteiger partial charge >= 0.3 is 0 Å². The molecule has 4 heteroatoms. The van der Waals surface area contributed by atoms with E-state index in [1.54, 1.807) is 0 Å². The summed E-state index contributed by atoms with van der Waals surface area (Å²) in [5.41, 5.74) is 1.54. The van der Waals surface area contributed by atoms with Crippen LogP contribution in [0.2, 0.25) is 0 Å². The fourth-order valence-corrected chi connectivity index (χ4v) is 3.19. The highest BCUT2D eigenvalue weighted by Gasteiger charge is 2.20. The van der Waals surface area contributed by atoms with Crippen LogP contribution in [0.15, 0.2) is 48.6 Å². The molecule has 0 aromatic heterocycles. The van der Waals surface area contributed by atoms with Crippen molar-refractivity contribution in [3.05, 3.63) is 48.6 Å². The van der Waals surface area contributed by atoms with Gasteiger partial charge in [-0.2, -0.15) is 0 Å². The van der Waals surface area contributed by atoms with Gasteiger partial charge < -0.3 is 10.6 Å². The van der Waals surface area contributed by atoms with Gasteiger partial charge in [0.2, 0.25) is 11.8 Å². The van der Waals surface area contributed by atoms with E-state index in [1.807, 2.05) is 24.3 Å². The summed E-state index contributed by atoms with van der Waals surface area (Å²) in [6, 6.07) is 7.36. The molecule has 1 aromatic carbocycles. The number of rotatable bonds is 4. The SMILES string of the molecule is O=C(Nc1ccc(NC(=O)C2CC=CCC2)cc1)C1CC=CCC1. The average Bonchev–Trinajstić information content (AvgIpc) is 2.65. The Morgan fingerprint density at radius 3 is 1.46 bits per heavy atom. The lowest BCUT2D eigenvalue weighted by molar-refractivity contribution is -0.120. The zero-order valence-electron chi connectivity index (χ0n) is 13.8. The maximum Gasteiger partial charge on any atom is 0.227 e. The van der Waals surface area contributed by atoms with Crippen molar-refractivity contribution in [3.8, 4) is 0 Å². The zero-order valence-corrected chi connectivity index (χ0v) is 13.8. The number of carbonyl (C=O) groups is 2. The van der Waals surface area contributed by atoms with E-state index >= 15 is 0 Å². The molecule has 3 rings (SSSR count). The molecule has 0 bridgehead atoms. The molecular formula is C20H24N2O2. The fourth-order valence-electron chi connectivity index (χ4n) is 3.19. The topological polar surface area (TPSA) is 58.2 Å². The lowest BCUT2D eigenvalue weighted by Gasteiger charge is -2.18. The van der Waals surface area contributed by atoms with Crippen molar-refractivity contribution in [2.45, 2.75) is 38.5 Å². The maximum absolute atomic E-state index is 12.2. The second-order valence-corrected chi connectivity index (χ2v) is 6.52. The van der Waals surface area contributed by atoms with Gasteiger partial charge in [-0.1, -0.05) is 24.3 Å². The highest BCUT2D eigenvalue weighted by molar-refractivity contribution is 5.94. The summed E-state index contributed by atoms with van der Waals surface area (Å²) in [6.07, 6.45) is 13.8. The van der Waals surface area contributed by atoms with Crippen molar-refractivity contribution in [1.82, 2.24) is 0 Å². The monoisotopic (exact) mass is 324 g/mol. The lowest BCUT2D eigenvalue weighted by Crippen LogP contribution is -2.24. The molecule has 126 valence electrons. The lowest BCUT2D eigenvalue weighted by atomic mass is 9.93. The van der Waals surface area contributed by atoms with Gasteiger partial charge in [0.05, 0.1) is 0 Å². The molecule has 0 spiro atoms. The van der Waals surface area contributed by atoms with E-state index in [0.29, 0.717) is 0 Å². The number of allylic oxidation sites excluding steroid dienone is 4. The van der Waals surface area contributed by atoms with Gasteiger partial charge in [-0.15, -0.1) is 0 Å². The number of hydrogen-bond donors (Lipinski definition) is 2. The van der Waals surface area contributed by atoms with Crippen molar-refractivity contribution < 1.29 is 9.59 Å². The molecular weight excluding hydrogens is 300 g/mol. The van der Waals surface area contributed by atoms with Crippen LogP contribution in [0.4, 0.5) is 11.4 Å². The Kier molecular flexibility index (Phi) is 5.47. The third kappa shape index (κ3) is 4.34. The number of anilines is 2. The molecule has 0 saturated carbocycles. The Bertz CT molecular complexity index is 589. The van der Waals surface area contributed by atoms with Crippen LogP contribution >= 0.6 is 0 Å². The van der Waals surface area contributed by atoms with E-state index in [9.17, 15) is 9.59 Å². The first-order chi connectivity index (χ1) is 11.7. The predicted octanol–water partition coefficient (Wildman–Crippen LogP) is 4.28. The Labute approximate surface area is 143 Å². The van der Waals surface area contributed by atoms with Crippen LogP contribution in [0.1, 0.15) is 38.5 Å². The molecule has 4 nitrogen and oxygen atoms in total. The standard InChI is InChI=1S/C20H24N2O2/c23-19(15-7-3-1-4-8-15)21-17-11-13-18(14-12-17)22-20(24)16-9-5-2-6-10-16/h1-3,5,11-16H,4,6-10H2,(H,21,23)(H,22,24). The van der Waals surface area contributed by atoms with Gasteiger partial charge in [0.1, 0.15) is 0 Å².